The number of carbonyl (C=O) groups is 2. The van der Waals surface area contributed by atoms with E-state index in [1.807, 2.05) is 26.8 Å². The number of carbonyl (C=O) groups excluding carboxylic acids is 2. The fourth-order valence-corrected chi connectivity index (χ4v) is 6.39. The van der Waals surface area contributed by atoms with Crippen molar-refractivity contribution in [1.29, 1.82) is 5.26 Å². The van der Waals surface area contributed by atoms with Crippen LogP contribution >= 0.6 is 11.6 Å². The lowest BCUT2D eigenvalue weighted by Crippen LogP contribution is -2.42. The van der Waals surface area contributed by atoms with E-state index in [1.54, 1.807) is 28.0 Å². The molecule has 1 saturated carbocycles. The Kier molecular flexibility index (Phi) is 6.91. The van der Waals surface area contributed by atoms with Gasteiger partial charge in [-0.3, -0.25) is 9.69 Å². The number of nitrogens with zero attached hydrogens (tertiary/aromatic N) is 3. The minimum absolute atomic E-state index is 0.0601. The second-order valence-electron chi connectivity index (χ2n) is 11.7. The molecule has 0 unspecified atom stereocenters. The summed E-state index contributed by atoms with van der Waals surface area (Å²) in [6.45, 7) is 6.85. The van der Waals surface area contributed by atoms with Gasteiger partial charge in [-0.25, -0.2) is 4.79 Å². The standard InChI is InChI=1S/C30H34ClN3O4/c1-29(2,3)38-28(37)33-15-11-19(12-16-33)20-7-8-26-23(17-20)30(13-9-21(35)10-14-30)27(36)34(26)25-6-4-5-24(31)22(25)18-32/h4-8,17,19,21,35H,9-16H2,1-3H3. The zero-order valence-electron chi connectivity index (χ0n) is 22.2. The average Bonchev–Trinajstić information content (AvgIpc) is 3.11. The number of halogens is 1. The molecular formula is C30H34ClN3O4. The van der Waals surface area contributed by atoms with Crippen LogP contribution in [-0.4, -0.2) is 46.8 Å². The Balaban J connectivity index is 1.48. The molecule has 3 aliphatic rings. The summed E-state index contributed by atoms with van der Waals surface area (Å²) < 4.78 is 5.55. The Hall–Kier alpha value is -3.08. The first-order valence-corrected chi connectivity index (χ1v) is 13.8. The van der Waals surface area contributed by atoms with Crippen LogP contribution in [0.3, 0.4) is 0 Å². The summed E-state index contributed by atoms with van der Waals surface area (Å²) >= 11 is 6.34. The quantitative estimate of drug-likeness (QED) is 0.495. The Morgan fingerprint density at radius 1 is 1.11 bits per heavy atom. The molecule has 1 aliphatic carbocycles. The molecule has 2 heterocycles. The van der Waals surface area contributed by atoms with E-state index < -0.39 is 17.1 Å². The topological polar surface area (TPSA) is 93.9 Å². The van der Waals surface area contributed by atoms with E-state index in [2.05, 4.69) is 18.2 Å². The number of nitriles is 1. The van der Waals surface area contributed by atoms with Crippen molar-refractivity contribution in [3.05, 3.63) is 58.1 Å². The number of likely N-dealkylation sites (tertiary alicyclic amines) is 1. The van der Waals surface area contributed by atoms with Crippen LogP contribution in [0, 0.1) is 11.3 Å². The second kappa shape index (κ2) is 9.91. The van der Waals surface area contributed by atoms with Crippen molar-refractivity contribution in [3.63, 3.8) is 0 Å². The van der Waals surface area contributed by atoms with Gasteiger partial charge in [0, 0.05) is 13.1 Å². The van der Waals surface area contributed by atoms with Crippen molar-refractivity contribution in [2.24, 2.45) is 0 Å². The first-order valence-electron chi connectivity index (χ1n) is 13.4. The predicted molar refractivity (Wildman–Crippen MR) is 146 cm³/mol. The Morgan fingerprint density at radius 3 is 2.42 bits per heavy atom. The fourth-order valence-electron chi connectivity index (χ4n) is 6.17. The minimum Gasteiger partial charge on any atom is -0.444 e. The van der Waals surface area contributed by atoms with Crippen LogP contribution in [0.4, 0.5) is 16.2 Å². The van der Waals surface area contributed by atoms with Crippen LogP contribution < -0.4 is 4.90 Å². The van der Waals surface area contributed by atoms with Crippen molar-refractivity contribution in [2.45, 2.75) is 82.3 Å². The number of amides is 2. The number of benzene rings is 2. The maximum atomic E-state index is 14.2. The molecular weight excluding hydrogens is 502 g/mol. The van der Waals surface area contributed by atoms with Crippen molar-refractivity contribution >= 4 is 35.0 Å². The molecule has 38 heavy (non-hydrogen) atoms. The molecule has 2 amide bonds. The van der Waals surface area contributed by atoms with Gasteiger partial charge in [0.1, 0.15) is 11.7 Å². The Bertz CT molecular complexity index is 1300. The third-order valence-electron chi connectivity index (χ3n) is 8.16. The summed E-state index contributed by atoms with van der Waals surface area (Å²) in [5.41, 5.74) is 2.40. The van der Waals surface area contributed by atoms with Gasteiger partial charge in [-0.2, -0.15) is 5.26 Å². The zero-order valence-corrected chi connectivity index (χ0v) is 22.9. The second-order valence-corrected chi connectivity index (χ2v) is 12.1. The molecule has 0 radical (unpaired) electrons. The number of anilines is 2. The Morgan fingerprint density at radius 2 is 1.79 bits per heavy atom. The molecule has 200 valence electrons. The fraction of sp³-hybridized carbons (Fsp3) is 0.500. The summed E-state index contributed by atoms with van der Waals surface area (Å²) in [5.74, 6) is 0.199. The lowest BCUT2D eigenvalue weighted by Gasteiger charge is -2.36. The van der Waals surface area contributed by atoms with Crippen LogP contribution in [0.2, 0.25) is 5.02 Å². The molecule has 7 nitrogen and oxygen atoms in total. The van der Waals surface area contributed by atoms with E-state index in [4.69, 9.17) is 16.3 Å². The smallest absolute Gasteiger partial charge is 0.410 e. The van der Waals surface area contributed by atoms with E-state index in [-0.39, 0.29) is 23.5 Å². The first-order chi connectivity index (χ1) is 18.0. The highest BCUT2D eigenvalue weighted by Crippen LogP contribution is 2.54. The van der Waals surface area contributed by atoms with E-state index in [1.165, 1.54) is 0 Å². The number of fused-ring (bicyclic) bond motifs is 2. The molecule has 1 saturated heterocycles. The van der Waals surface area contributed by atoms with E-state index in [9.17, 15) is 20.0 Å². The summed E-state index contributed by atoms with van der Waals surface area (Å²) in [5, 5.41) is 20.4. The zero-order chi connectivity index (χ0) is 27.2. The maximum Gasteiger partial charge on any atom is 0.410 e. The van der Waals surface area contributed by atoms with Crippen LogP contribution in [0.1, 0.15) is 81.9 Å². The third-order valence-corrected chi connectivity index (χ3v) is 8.48. The monoisotopic (exact) mass is 535 g/mol. The molecule has 1 spiro atoms. The summed E-state index contributed by atoms with van der Waals surface area (Å²) in [6, 6.07) is 13.6. The van der Waals surface area contributed by atoms with Crippen molar-refractivity contribution in [2.75, 3.05) is 18.0 Å². The number of ether oxygens (including phenoxy) is 1. The predicted octanol–water partition coefficient (Wildman–Crippen LogP) is 6.18. The Labute approximate surface area is 228 Å². The number of rotatable bonds is 2. The van der Waals surface area contributed by atoms with Gasteiger partial charge >= 0.3 is 6.09 Å². The van der Waals surface area contributed by atoms with Crippen LogP contribution in [0.5, 0.6) is 0 Å². The van der Waals surface area contributed by atoms with Crippen molar-refractivity contribution < 1.29 is 19.4 Å². The van der Waals surface area contributed by atoms with Gasteiger partial charge in [0.15, 0.2) is 0 Å². The molecule has 2 fully saturated rings. The molecule has 1 N–H and O–H groups in total. The normalized spacial score (nSPS) is 23.9. The van der Waals surface area contributed by atoms with E-state index in [0.717, 1.165) is 29.7 Å². The largest absolute Gasteiger partial charge is 0.444 e. The summed E-state index contributed by atoms with van der Waals surface area (Å²) in [6.07, 6.45) is 3.16. The summed E-state index contributed by atoms with van der Waals surface area (Å²) in [4.78, 5) is 30.1. The maximum absolute atomic E-state index is 14.2. The number of piperidine rings is 1. The molecule has 0 atom stereocenters. The van der Waals surface area contributed by atoms with E-state index in [0.29, 0.717) is 49.5 Å². The number of aliphatic hydroxyl groups excluding tert-OH is 1. The molecule has 2 aliphatic heterocycles. The van der Waals surface area contributed by atoms with Gasteiger partial charge in [-0.1, -0.05) is 29.8 Å². The highest BCUT2D eigenvalue weighted by molar-refractivity contribution is 6.32. The van der Waals surface area contributed by atoms with Gasteiger partial charge < -0.3 is 14.7 Å². The van der Waals surface area contributed by atoms with Crippen LogP contribution in [0.15, 0.2) is 36.4 Å². The van der Waals surface area contributed by atoms with Crippen LogP contribution in [0.25, 0.3) is 0 Å². The molecule has 2 aromatic carbocycles. The van der Waals surface area contributed by atoms with Crippen molar-refractivity contribution in [1.82, 2.24) is 4.90 Å². The van der Waals surface area contributed by atoms with Gasteiger partial charge in [-0.15, -0.1) is 0 Å². The van der Waals surface area contributed by atoms with Crippen LogP contribution in [-0.2, 0) is 14.9 Å². The first kappa shape index (κ1) is 26.5. The lowest BCUT2D eigenvalue weighted by molar-refractivity contribution is -0.124. The highest BCUT2D eigenvalue weighted by atomic mass is 35.5. The SMILES string of the molecule is CC(C)(C)OC(=O)N1CCC(c2ccc3c(c2)C2(CCC(O)CC2)C(=O)N3c2cccc(Cl)c2C#N)CC1. The summed E-state index contributed by atoms with van der Waals surface area (Å²) in [7, 11) is 0. The lowest BCUT2D eigenvalue weighted by atomic mass is 9.69. The molecule has 0 aromatic heterocycles. The molecule has 8 heteroatoms. The minimum atomic E-state index is -0.739. The third kappa shape index (κ3) is 4.65. The number of aliphatic hydroxyl groups is 1. The van der Waals surface area contributed by atoms with Gasteiger partial charge in [0.2, 0.25) is 5.91 Å². The molecule has 2 aromatic rings. The number of hydrogen-bond acceptors (Lipinski definition) is 5. The number of hydrogen-bond donors (Lipinski definition) is 1. The molecule has 0 bridgehead atoms. The van der Waals surface area contributed by atoms with Gasteiger partial charge in [-0.05, 0) is 94.5 Å². The van der Waals surface area contributed by atoms with Gasteiger partial charge in [0.05, 0.1) is 33.5 Å². The van der Waals surface area contributed by atoms with Gasteiger partial charge in [0.25, 0.3) is 0 Å². The molecule has 5 rings (SSSR count). The highest BCUT2D eigenvalue weighted by Gasteiger charge is 2.53. The van der Waals surface area contributed by atoms with E-state index >= 15 is 0 Å². The van der Waals surface area contributed by atoms with Crippen molar-refractivity contribution in [3.8, 4) is 6.07 Å². The average molecular weight is 536 g/mol.